The number of aryl methyl sites for hydroxylation is 1. The molecule has 0 atom stereocenters. The van der Waals surface area contributed by atoms with Gasteiger partial charge in [-0.15, -0.1) is 0 Å². The fraction of sp³-hybridized carbons (Fsp3) is 0.588. The minimum atomic E-state index is 0.0952. The van der Waals surface area contributed by atoms with Crippen LogP contribution in [0.15, 0.2) is 24.3 Å². The van der Waals surface area contributed by atoms with Crippen LogP contribution < -0.4 is 4.74 Å². The summed E-state index contributed by atoms with van der Waals surface area (Å²) in [5, 5.41) is 0. The number of hydrogen-bond donors (Lipinski definition) is 0. The summed E-state index contributed by atoms with van der Waals surface area (Å²) < 4.78 is 11.4. The fourth-order valence-electron chi connectivity index (χ4n) is 2.49. The number of carbonyl (C=O) groups excluding carboxylic acids is 1. The molecule has 116 valence electrons. The molecular weight excluding hydrogens is 266 g/mol. The second kappa shape index (κ2) is 8.03. The van der Waals surface area contributed by atoms with Crippen molar-refractivity contribution in [3.8, 4) is 5.75 Å². The predicted molar refractivity (Wildman–Crippen MR) is 82.5 cm³/mol. The smallest absolute Gasteiger partial charge is 0.248 e. The van der Waals surface area contributed by atoms with E-state index in [1.54, 1.807) is 0 Å². The van der Waals surface area contributed by atoms with Crippen molar-refractivity contribution >= 4 is 5.91 Å². The van der Waals surface area contributed by atoms with Crippen LogP contribution in [0.4, 0.5) is 0 Å². The Morgan fingerprint density at radius 2 is 2.00 bits per heavy atom. The fourth-order valence-corrected chi connectivity index (χ4v) is 2.49. The van der Waals surface area contributed by atoms with Crippen LogP contribution in [0.25, 0.3) is 0 Å². The van der Waals surface area contributed by atoms with Crippen LogP contribution in [-0.4, -0.2) is 43.2 Å². The zero-order valence-electron chi connectivity index (χ0n) is 13.0. The first kappa shape index (κ1) is 15.8. The summed E-state index contributed by atoms with van der Waals surface area (Å²) in [6, 6.07) is 8.07. The molecule has 1 aliphatic heterocycles. The molecule has 0 aliphatic carbocycles. The molecule has 0 radical (unpaired) electrons. The van der Waals surface area contributed by atoms with Crippen molar-refractivity contribution < 1.29 is 14.3 Å². The van der Waals surface area contributed by atoms with Gasteiger partial charge in [0.05, 0.1) is 0 Å². The average Bonchev–Trinajstić information content (AvgIpc) is 2.50. The van der Waals surface area contributed by atoms with Gasteiger partial charge in [-0.05, 0) is 25.0 Å². The monoisotopic (exact) mass is 291 g/mol. The molecule has 4 heteroatoms. The Balaban J connectivity index is 1.75. The summed E-state index contributed by atoms with van der Waals surface area (Å²) in [5.74, 6) is 1.05. The molecular formula is C17H25NO3. The molecule has 1 fully saturated rings. The highest BCUT2D eigenvalue weighted by Gasteiger charge is 2.24. The Hall–Kier alpha value is -1.55. The lowest BCUT2D eigenvalue weighted by molar-refractivity contribution is -0.137. The molecule has 21 heavy (non-hydrogen) atoms. The zero-order valence-corrected chi connectivity index (χ0v) is 13.0. The summed E-state index contributed by atoms with van der Waals surface area (Å²) in [7, 11) is 0. The highest BCUT2D eigenvalue weighted by molar-refractivity contribution is 5.77. The van der Waals surface area contributed by atoms with Gasteiger partial charge < -0.3 is 14.4 Å². The Labute approximate surface area is 127 Å². The van der Waals surface area contributed by atoms with E-state index in [9.17, 15) is 4.79 Å². The lowest BCUT2D eigenvalue weighted by Crippen LogP contribution is -2.43. The normalized spacial score (nSPS) is 16.0. The number of amides is 1. The lowest BCUT2D eigenvalue weighted by atomic mass is 10.1. The van der Waals surface area contributed by atoms with Gasteiger partial charge in [0.2, 0.25) is 5.91 Å². The maximum atomic E-state index is 12.0. The maximum Gasteiger partial charge on any atom is 0.248 e. The molecule has 1 aromatic carbocycles. The highest BCUT2D eigenvalue weighted by Crippen LogP contribution is 2.22. The third-order valence-electron chi connectivity index (χ3n) is 3.76. The molecule has 1 heterocycles. The van der Waals surface area contributed by atoms with Crippen molar-refractivity contribution in [2.75, 3.05) is 26.3 Å². The first-order chi connectivity index (χ1) is 10.2. The van der Waals surface area contributed by atoms with Crippen molar-refractivity contribution in [3.05, 3.63) is 29.8 Å². The predicted octanol–water partition coefficient (Wildman–Crippen LogP) is 2.79. The van der Waals surface area contributed by atoms with Gasteiger partial charge in [0.25, 0.3) is 0 Å². The largest absolute Gasteiger partial charge is 0.490 e. The molecule has 2 rings (SSSR count). The van der Waals surface area contributed by atoms with Crippen molar-refractivity contribution in [2.45, 2.75) is 39.2 Å². The van der Waals surface area contributed by atoms with Gasteiger partial charge in [-0.25, -0.2) is 0 Å². The molecule has 4 nitrogen and oxygen atoms in total. The van der Waals surface area contributed by atoms with Crippen LogP contribution in [0.1, 0.15) is 31.7 Å². The van der Waals surface area contributed by atoms with Gasteiger partial charge in [0.1, 0.15) is 18.5 Å². The van der Waals surface area contributed by atoms with Gasteiger partial charge in [-0.3, -0.25) is 4.79 Å². The number of likely N-dealkylation sites (tertiary alicyclic amines) is 1. The van der Waals surface area contributed by atoms with E-state index >= 15 is 0 Å². The van der Waals surface area contributed by atoms with Crippen LogP contribution in [0.3, 0.4) is 0 Å². The molecule has 1 saturated heterocycles. The molecule has 0 spiro atoms. The van der Waals surface area contributed by atoms with E-state index < -0.39 is 0 Å². The second-order valence-electron chi connectivity index (χ2n) is 5.52. The number of benzene rings is 1. The van der Waals surface area contributed by atoms with E-state index in [1.165, 1.54) is 0 Å². The van der Waals surface area contributed by atoms with E-state index in [-0.39, 0.29) is 18.6 Å². The first-order valence-corrected chi connectivity index (χ1v) is 7.78. The molecule has 1 aromatic rings. The molecule has 0 saturated carbocycles. The third-order valence-corrected chi connectivity index (χ3v) is 3.76. The van der Waals surface area contributed by atoms with E-state index in [0.29, 0.717) is 6.61 Å². The van der Waals surface area contributed by atoms with Crippen LogP contribution in [0.2, 0.25) is 0 Å². The molecule has 1 aliphatic rings. The van der Waals surface area contributed by atoms with Gasteiger partial charge in [0.15, 0.2) is 0 Å². The maximum absolute atomic E-state index is 12.0. The van der Waals surface area contributed by atoms with Crippen LogP contribution in [0.5, 0.6) is 5.75 Å². The summed E-state index contributed by atoms with van der Waals surface area (Å²) in [5.41, 5.74) is 1.16. The van der Waals surface area contributed by atoms with Crippen LogP contribution in [-0.2, 0) is 9.53 Å². The second-order valence-corrected chi connectivity index (χ2v) is 5.52. The summed E-state index contributed by atoms with van der Waals surface area (Å²) in [4.78, 5) is 13.8. The van der Waals surface area contributed by atoms with Gasteiger partial charge in [0, 0.05) is 32.5 Å². The van der Waals surface area contributed by atoms with E-state index in [0.717, 1.165) is 43.7 Å². The number of piperidine rings is 1. The van der Waals surface area contributed by atoms with Gasteiger partial charge >= 0.3 is 0 Å². The minimum Gasteiger partial charge on any atom is -0.490 e. The quantitative estimate of drug-likeness (QED) is 0.757. The first-order valence-electron chi connectivity index (χ1n) is 7.78. The number of rotatable bonds is 6. The van der Waals surface area contributed by atoms with E-state index in [2.05, 4.69) is 13.0 Å². The standard InChI is InChI=1S/C17H25NO3/c1-3-12-20-13-17(19)18-10-8-15(9-11-18)21-16-7-5-4-6-14(16)2/h4-7,15H,3,8-13H2,1-2H3. The summed E-state index contributed by atoms with van der Waals surface area (Å²) >= 11 is 0. The summed E-state index contributed by atoms with van der Waals surface area (Å²) in [6.07, 6.45) is 2.91. The number of hydrogen-bond acceptors (Lipinski definition) is 3. The Morgan fingerprint density at radius 1 is 1.29 bits per heavy atom. The van der Waals surface area contributed by atoms with E-state index in [4.69, 9.17) is 9.47 Å². The Kier molecular flexibility index (Phi) is 6.05. The van der Waals surface area contributed by atoms with Crippen molar-refractivity contribution in [3.63, 3.8) is 0 Å². The Bertz CT molecular complexity index is 453. The number of carbonyl (C=O) groups is 1. The van der Waals surface area contributed by atoms with Crippen molar-refractivity contribution in [1.82, 2.24) is 4.90 Å². The number of para-hydroxylation sites is 1. The third kappa shape index (κ3) is 4.74. The molecule has 0 aromatic heterocycles. The zero-order chi connectivity index (χ0) is 15.1. The lowest BCUT2D eigenvalue weighted by Gasteiger charge is -2.32. The number of ether oxygens (including phenoxy) is 2. The topological polar surface area (TPSA) is 38.8 Å². The highest BCUT2D eigenvalue weighted by atomic mass is 16.5. The molecule has 1 amide bonds. The van der Waals surface area contributed by atoms with Crippen LogP contribution in [0, 0.1) is 6.92 Å². The molecule has 0 N–H and O–H groups in total. The van der Waals surface area contributed by atoms with Gasteiger partial charge in [-0.1, -0.05) is 25.1 Å². The SMILES string of the molecule is CCCOCC(=O)N1CCC(Oc2ccccc2C)CC1. The molecule has 0 unspecified atom stereocenters. The van der Waals surface area contributed by atoms with Crippen molar-refractivity contribution in [1.29, 1.82) is 0 Å². The average molecular weight is 291 g/mol. The van der Waals surface area contributed by atoms with Gasteiger partial charge in [-0.2, -0.15) is 0 Å². The molecule has 0 bridgehead atoms. The number of nitrogens with zero attached hydrogens (tertiary/aromatic N) is 1. The van der Waals surface area contributed by atoms with E-state index in [1.807, 2.05) is 30.0 Å². The minimum absolute atomic E-state index is 0.0952. The van der Waals surface area contributed by atoms with Crippen molar-refractivity contribution in [2.24, 2.45) is 0 Å². The van der Waals surface area contributed by atoms with Crippen LogP contribution >= 0.6 is 0 Å². The Morgan fingerprint density at radius 3 is 2.67 bits per heavy atom. The summed E-state index contributed by atoms with van der Waals surface area (Å²) in [6.45, 7) is 6.46.